The van der Waals surface area contributed by atoms with Crippen molar-refractivity contribution in [1.82, 2.24) is 4.90 Å². The summed E-state index contributed by atoms with van der Waals surface area (Å²) in [4.78, 5) is 2.26. The van der Waals surface area contributed by atoms with Crippen LogP contribution in [-0.4, -0.2) is 25.0 Å². The summed E-state index contributed by atoms with van der Waals surface area (Å²) in [5.74, 6) is 0. The first-order valence-corrected chi connectivity index (χ1v) is 3.84. The van der Waals surface area contributed by atoms with Gasteiger partial charge >= 0.3 is 0 Å². The van der Waals surface area contributed by atoms with Crippen LogP contribution in [0.2, 0.25) is 0 Å². The van der Waals surface area contributed by atoms with Gasteiger partial charge in [0.25, 0.3) is 0 Å². The lowest BCUT2D eigenvalue weighted by Crippen LogP contribution is -2.23. The Morgan fingerprint density at radius 2 is 1.64 bits per heavy atom. The maximum Gasteiger partial charge on any atom is 0.0903 e. The van der Waals surface area contributed by atoms with E-state index in [1.54, 1.807) is 12.5 Å². The normalized spacial score (nSPS) is 30.5. The topological polar surface area (TPSA) is 12.5 Å². The third kappa shape index (κ3) is 2.76. The predicted molar refractivity (Wildman–Crippen MR) is 46.1 cm³/mol. The Bertz CT molecular complexity index is 174. The molecule has 11 heavy (non-hydrogen) atoms. The van der Waals surface area contributed by atoms with Crippen LogP contribution in [-0.2, 0) is 4.74 Å². The Hall–Kier alpha value is -0.760. The van der Waals surface area contributed by atoms with Gasteiger partial charge in [-0.05, 0) is 32.0 Å². The van der Waals surface area contributed by atoms with E-state index in [-0.39, 0.29) is 0 Å². The lowest BCUT2D eigenvalue weighted by Gasteiger charge is -2.18. The first kappa shape index (κ1) is 8.34. The van der Waals surface area contributed by atoms with Crippen molar-refractivity contribution in [2.75, 3.05) is 20.1 Å². The van der Waals surface area contributed by atoms with Crippen molar-refractivity contribution in [3.05, 3.63) is 23.7 Å². The van der Waals surface area contributed by atoms with E-state index in [1.807, 2.05) is 0 Å². The second-order valence-corrected chi connectivity index (χ2v) is 3.24. The Morgan fingerprint density at radius 1 is 1.18 bits per heavy atom. The summed E-state index contributed by atoms with van der Waals surface area (Å²) in [6.07, 6.45) is 3.61. The molecule has 0 atom stereocenters. The van der Waals surface area contributed by atoms with Crippen LogP contribution >= 0.6 is 0 Å². The minimum absolute atomic E-state index is 0.991. The molecular weight excluding hydrogens is 138 g/mol. The molecule has 0 radical (unpaired) electrons. The standard InChI is InChI=1S/C9H15NO/c1-8-4-10(3)5-9(2)7-11-6-8/h6-7H,4-5H2,1-3H3/b8-6+,9-7+. The third-order valence-electron chi connectivity index (χ3n) is 1.58. The van der Waals surface area contributed by atoms with E-state index in [9.17, 15) is 0 Å². The summed E-state index contributed by atoms with van der Waals surface area (Å²) in [5, 5.41) is 0. The Balaban J connectivity index is 2.64. The van der Waals surface area contributed by atoms with Crippen molar-refractivity contribution in [2.24, 2.45) is 0 Å². The molecule has 0 fully saturated rings. The highest BCUT2D eigenvalue weighted by Gasteiger charge is 2.02. The predicted octanol–water partition coefficient (Wildman–Crippen LogP) is 1.76. The van der Waals surface area contributed by atoms with Gasteiger partial charge in [-0.3, -0.25) is 4.90 Å². The Labute approximate surface area is 68.1 Å². The molecular formula is C9H15NO. The van der Waals surface area contributed by atoms with Crippen LogP contribution in [0, 0.1) is 0 Å². The van der Waals surface area contributed by atoms with Crippen LogP contribution in [0.1, 0.15) is 13.8 Å². The molecule has 1 aliphatic rings. The van der Waals surface area contributed by atoms with E-state index in [0.717, 1.165) is 13.1 Å². The van der Waals surface area contributed by atoms with Crippen LogP contribution < -0.4 is 0 Å². The summed E-state index contributed by atoms with van der Waals surface area (Å²) in [7, 11) is 2.11. The van der Waals surface area contributed by atoms with Gasteiger partial charge in [0.2, 0.25) is 0 Å². The number of ether oxygens (including phenoxy) is 1. The van der Waals surface area contributed by atoms with Crippen molar-refractivity contribution in [1.29, 1.82) is 0 Å². The molecule has 0 aliphatic carbocycles. The molecule has 2 nitrogen and oxygen atoms in total. The molecule has 2 heteroatoms. The van der Waals surface area contributed by atoms with Crippen LogP contribution in [0.25, 0.3) is 0 Å². The molecule has 0 bridgehead atoms. The van der Waals surface area contributed by atoms with E-state index in [2.05, 4.69) is 25.8 Å². The molecule has 0 aromatic carbocycles. The molecule has 1 aliphatic heterocycles. The summed E-state index contributed by atoms with van der Waals surface area (Å²) in [5.41, 5.74) is 2.52. The van der Waals surface area contributed by atoms with Crippen LogP contribution in [0.15, 0.2) is 23.7 Å². The van der Waals surface area contributed by atoms with Crippen LogP contribution in [0.4, 0.5) is 0 Å². The van der Waals surface area contributed by atoms with Gasteiger partial charge < -0.3 is 4.74 Å². The van der Waals surface area contributed by atoms with Crippen molar-refractivity contribution in [3.63, 3.8) is 0 Å². The fourth-order valence-electron chi connectivity index (χ4n) is 1.25. The summed E-state index contributed by atoms with van der Waals surface area (Å²) in [6, 6.07) is 0. The quantitative estimate of drug-likeness (QED) is 0.525. The van der Waals surface area contributed by atoms with Gasteiger partial charge in [-0.2, -0.15) is 0 Å². The van der Waals surface area contributed by atoms with Gasteiger partial charge in [0.05, 0.1) is 12.5 Å². The second-order valence-electron chi connectivity index (χ2n) is 3.24. The fraction of sp³-hybridized carbons (Fsp3) is 0.556. The zero-order valence-electron chi connectivity index (χ0n) is 7.42. The molecule has 0 N–H and O–H groups in total. The average Bonchev–Trinajstić information content (AvgIpc) is 1.83. The number of rotatable bonds is 0. The van der Waals surface area contributed by atoms with E-state index >= 15 is 0 Å². The van der Waals surface area contributed by atoms with E-state index in [1.165, 1.54) is 11.1 Å². The third-order valence-corrected chi connectivity index (χ3v) is 1.58. The van der Waals surface area contributed by atoms with E-state index < -0.39 is 0 Å². The van der Waals surface area contributed by atoms with Crippen molar-refractivity contribution >= 4 is 0 Å². The highest BCUT2D eigenvalue weighted by molar-refractivity contribution is 5.04. The number of hydrogen-bond donors (Lipinski definition) is 0. The largest absolute Gasteiger partial charge is 0.473 e. The zero-order chi connectivity index (χ0) is 8.27. The van der Waals surface area contributed by atoms with Gasteiger partial charge in [0, 0.05) is 13.1 Å². The molecule has 0 aromatic rings. The van der Waals surface area contributed by atoms with Crippen LogP contribution in [0.3, 0.4) is 0 Å². The average molecular weight is 153 g/mol. The van der Waals surface area contributed by atoms with Crippen molar-refractivity contribution in [2.45, 2.75) is 13.8 Å². The minimum atomic E-state index is 0.991. The highest BCUT2D eigenvalue weighted by atomic mass is 16.5. The van der Waals surface area contributed by atoms with Gasteiger partial charge in [0.15, 0.2) is 0 Å². The lowest BCUT2D eigenvalue weighted by atomic mass is 10.2. The van der Waals surface area contributed by atoms with Crippen molar-refractivity contribution < 1.29 is 4.74 Å². The Kier molecular flexibility index (Phi) is 2.71. The Morgan fingerprint density at radius 3 is 2.09 bits per heavy atom. The summed E-state index contributed by atoms with van der Waals surface area (Å²) >= 11 is 0. The van der Waals surface area contributed by atoms with Gasteiger partial charge in [-0.15, -0.1) is 0 Å². The number of likely N-dealkylation sites (N-methyl/N-ethyl adjacent to an activating group) is 1. The monoisotopic (exact) mass is 153 g/mol. The number of hydrogen-bond acceptors (Lipinski definition) is 2. The molecule has 0 saturated carbocycles. The molecule has 0 unspecified atom stereocenters. The molecule has 0 amide bonds. The highest BCUT2D eigenvalue weighted by Crippen LogP contribution is 2.05. The van der Waals surface area contributed by atoms with E-state index in [0.29, 0.717) is 0 Å². The maximum absolute atomic E-state index is 5.20. The molecule has 62 valence electrons. The van der Waals surface area contributed by atoms with Gasteiger partial charge in [-0.1, -0.05) is 0 Å². The SMILES string of the molecule is C/C1=C\O/C=C(\C)CN(C)C1. The lowest BCUT2D eigenvalue weighted by molar-refractivity contribution is 0.337. The van der Waals surface area contributed by atoms with Gasteiger partial charge in [0.1, 0.15) is 0 Å². The number of nitrogens with zero attached hydrogens (tertiary/aromatic N) is 1. The summed E-state index contributed by atoms with van der Waals surface area (Å²) in [6.45, 7) is 6.13. The molecule has 1 rings (SSSR count). The minimum Gasteiger partial charge on any atom is -0.473 e. The zero-order valence-corrected chi connectivity index (χ0v) is 7.42. The first-order chi connectivity index (χ1) is 5.18. The summed E-state index contributed by atoms with van der Waals surface area (Å²) < 4.78 is 5.20. The molecule has 0 saturated heterocycles. The van der Waals surface area contributed by atoms with Crippen LogP contribution in [0.5, 0.6) is 0 Å². The molecule has 0 aromatic heterocycles. The maximum atomic E-state index is 5.20. The van der Waals surface area contributed by atoms with Crippen molar-refractivity contribution in [3.8, 4) is 0 Å². The first-order valence-electron chi connectivity index (χ1n) is 3.84. The fourth-order valence-corrected chi connectivity index (χ4v) is 1.25. The molecule has 1 heterocycles. The van der Waals surface area contributed by atoms with E-state index in [4.69, 9.17) is 4.74 Å². The second kappa shape index (κ2) is 3.58. The van der Waals surface area contributed by atoms with Gasteiger partial charge in [-0.25, -0.2) is 0 Å². The molecule has 0 spiro atoms. The smallest absolute Gasteiger partial charge is 0.0903 e.